The molecule has 1 aromatic heterocycles. The lowest BCUT2D eigenvalue weighted by molar-refractivity contribution is 0.00609. The van der Waals surface area contributed by atoms with Gasteiger partial charge in [-0.05, 0) is 61.8 Å². The van der Waals surface area contributed by atoms with E-state index in [9.17, 15) is 13.2 Å². The Morgan fingerprint density at radius 1 is 1.04 bits per heavy atom. The van der Waals surface area contributed by atoms with E-state index in [4.69, 9.17) is 4.74 Å². The number of ether oxygens (including phenoxy) is 1. The van der Waals surface area contributed by atoms with Crippen molar-refractivity contribution in [3.8, 4) is 0 Å². The fraction of sp³-hybridized carbons (Fsp3) is 0.250. The predicted octanol–water partition coefficient (Wildman–Crippen LogP) is 4.90. The molecule has 27 heavy (non-hydrogen) atoms. The number of aromatic nitrogens is 1. The second-order valence-electron chi connectivity index (χ2n) is 7.26. The Morgan fingerprint density at radius 3 is 2.22 bits per heavy atom. The average Bonchev–Trinajstić information content (AvgIpc) is 2.88. The highest BCUT2D eigenvalue weighted by atomic mass is 79.9. The van der Waals surface area contributed by atoms with Crippen molar-refractivity contribution in [3.05, 3.63) is 64.3 Å². The molecule has 0 N–H and O–H groups in total. The standard InChI is InChI=1S/C20H20BrNO4S/c1-13-9-11-14(12-10-13)27(24,25)22-16-8-6-5-7-15(16)17(21)18(22)19(23)26-20(2,3)4/h5-12H,1-4H3. The first-order valence-corrected chi connectivity index (χ1v) is 10.6. The van der Waals surface area contributed by atoms with Crippen molar-refractivity contribution in [1.29, 1.82) is 0 Å². The van der Waals surface area contributed by atoms with Crippen molar-refractivity contribution >= 4 is 42.8 Å². The predicted molar refractivity (Wildman–Crippen MR) is 109 cm³/mol. The molecule has 0 unspecified atom stereocenters. The number of halogens is 1. The maximum absolute atomic E-state index is 13.4. The van der Waals surface area contributed by atoms with E-state index in [1.807, 2.05) is 6.92 Å². The quantitative estimate of drug-likeness (QED) is 0.533. The van der Waals surface area contributed by atoms with Gasteiger partial charge >= 0.3 is 5.97 Å². The smallest absolute Gasteiger partial charge is 0.357 e. The Bertz CT molecular complexity index is 1120. The highest BCUT2D eigenvalue weighted by Crippen LogP contribution is 2.35. The number of fused-ring (bicyclic) bond motifs is 1. The summed E-state index contributed by atoms with van der Waals surface area (Å²) >= 11 is 3.40. The largest absolute Gasteiger partial charge is 0.455 e. The molecule has 0 bridgehead atoms. The van der Waals surface area contributed by atoms with Crippen molar-refractivity contribution in [3.63, 3.8) is 0 Å². The molecular weight excluding hydrogens is 430 g/mol. The summed E-state index contributed by atoms with van der Waals surface area (Å²) in [5, 5.41) is 0.619. The summed E-state index contributed by atoms with van der Waals surface area (Å²) in [5.74, 6) is -0.707. The van der Waals surface area contributed by atoms with Gasteiger partial charge in [0.05, 0.1) is 14.9 Å². The van der Waals surface area contributed by atoms with Gasteiger partial charge in [-0.3, -0.25) is 0 Å². The molecule has 3 rings (SSSR count). The van der Waals surface area contributed by atoms with Gasteiger partial charge in [0.1, 0.15) is 5.60 Å². The number of aryl methyl sites for hydroxylation is 1. The zero-order valence-corrected chi connectivity index (χ0v) is 17.9. The van der Waals surface area contributed by atoms with E-state index in [1.165, 1.54) is 12.1 Å². The molecule has 0 saturated heterocycles. The Hall–Kier alpha value is -2.12. The first-order valence-electron chi connectivity index (χ1n) is 8.37. The van der Waals surface area contributed by atoms with E-state index in [-0.39, 0.29) is 10.6 Å². The van der Waals surface area contributed by atoms with Crippen LogP contribution in [0.2, 0.25) is 0 Å². The maximum Gasteiger partial charge on any atom is 0.357 e. The monoisotopic (exact) mass is 449 g/mol. The van der Waals surface area contributed by atoms with Gasteiger partial charge in [0.15, 0.2) is 5.69 Å². The molecule has 1 heterocycles. The molecule has 3 aromatic rings. The number of carbonyl (C=O) groups is 1. The van der Waals surface area contributed by atoms with E-state index in [2.05, 4.69) is 15.9 Å². The molecule has 5 nitrogen and oxygen atoms in total. The summed E-state index contributed by atoms with van der Waals surface area (Å²) < 4.78 is 33.7. The third kappa shape index (κ3) is 3.66. The van der Waals surface area contributed by atoms with Gasteiger partial charge in [-0.15, -0.1) is 0 Å². The molecule has 2 aromatic carbocycles. The van der Waals surface area contributed by atoms with Gasteiger partial charge in [0.2, 0.25) is 0 Å². The van der Waals surface area contributed by atoms with Crippen LogP contribution in [0.1, 0.15) is 36.8 Å². The zero-order valence-electron chi connectivity index (χ0n) is 15.5. The Labute approximate surface area is 167 Å². The molecule has 0 aliphatic carbocycles. The minimum atomic E-state index is -4.01. The second kappa shape index (κ2) is 6.80. The van der Waals surface area contributed by atoms with Crippen LogP contribution in [-0.2, 0) is 14.8 Å². The van der Waals surface area contributed by atoms with Gasteiger partial charge in [0.25, 0.3) is 10.0 Å². The lowest BCUT2D eigenvalue weighted by atomic mass is 10.2. The van der Waals surface area contributed by atoms with E-state index < -0.39 is 21.6 Å². The second-order valence-corrected chi connectivity index (χ2v) is 9.84. The fourth-order valence-corrected chi connectivity index (χ4v) is 5.04. The topological polar surface area (TPSA) is 65.4 Å². The third-order valence-electron chi connectivity index (χ3n) is 3.92. The Kier molecular flexibility index (Phi) is 4.94. The number of nitrogens with zero attached hydrogens (tertiary/aromatic N) is 1. The highest BCUT2D eigenvalue weighted by Gasteiger charge is 2.32. The first kappa shape index (κ1) is 19.6. The molecule has 0 aliphatic heterocycles. The van der Waals surface area contributed by atoms with E-state index in [0.717, 1.165) is 9.54 Å². The lowest BCUT2D eigenvalue weighted by Crippen LogP contribution is -2.27. The first-order chi connectivity index (χ1) is 12.5. The van der Waals surface area contributed by atoms with Crippen LogP contribution in [0.5, 0.6) is 0 Å². The van der Waals surface area contributed by atoms with Gasteiger partial charge in [-0.2, -0.15) is 0 Å². The summed E-state index contributed by atoms with van der Waals surface area (Å²) in [6, 6.07) is 13.5. The van der Waals surface area contributed by atoms with Crippen LogP contribution >= 0.6 is 15.9 Å². The minimum absolute atomic E-state index is 0.0494. The van der Waals surface area contributed by atoms with Crippen LogP contribution in [0.25, 0.3) is 10.9 Å². The number of hydrogen-bond donors (Lipinski definition) is 0. The molecule has 0 atom stereocenters. The molecule has 0 radical (unpaired) electrons. The number of carbonyl (C=O) groups excluding carboxylic acids is 1. The van der Waals surface area contributed by atoms with Crippen LogP contribution in [0.15, 0.2) is 57.9 Å². The Morgan fingerprint density at radius 2 is 1.63 bits per heavy atom. The summed E-state index contributed by atoms with van der Waals surface area (Å²) in [6.45, 7) is 7.09. The summed E-state index contributed by atoms with van der Waals surface area (Å²) in [6.07, 6.45) is 0. The fourth-order valence-electron chi connectivity index (χ4n) is 2.74. The Balaban J connectivity index is 2.32. The molecular formula is C20H20BrNO4S. The van der Waals surface area contributed by atoms with Crippen LogP contribution < -0.4 is 0 Å². The van der Waals surface area contributed by atoms with Gasteiger partial charge < -0.3 is 4.74 Å². The van der Waals surface area contributed by atoms with Crippen molar-refractivity contribution in [2.45, 2.75) is 38.2 Å². The third-order valence-corrected chi connectivity index (χ3v) is 6.45. The minimum Gasteiger partial charge on any atom is -0.455 e. The number of hydrogen-bond acceptors (Lipinski definition) is 4. The highest BCUT2D eigenvalue weighted by molar-refractivity contribution is 9.10. The molecule has 0 fully saturated rings. The molecule has 0 amide bonds. The zero-order chi connectivity index (χ0) is 20.0. The van der Waals surface area contributed by atoms with Gasteiger partial charge in [0, 0.05) is 5.39 Å². The molecule has 0 spiro atoms. The SMILES string of the molecule is Cc1ccc(S(=O)(=O)n2c(C(=O)OC(C)(C)C)c(Br)c3ccccc32)cc1. The summed E-state index contributed by atoms with van der Waals surface area (Å²) in [5.41, 5.74) is 0.545. The van der Waals surface area contributed by atoms with E-state index >= 15 is 0 Å². The van der Waals surface area contributed by atoms with Crippen molar-refractivity contribution in [1.82, 2.24) is 3.97 Å². The molecule has 0 aliphatic rings. The number of esters is 1. The van der Waals surface area contributed by atoms with Crippen LogP contribution in [0, 0.1) is 6.92 Å². The molecule has 7 heteroatoms. The van der Waals surface area contributed by atoms with Crippen LogP contribution in [-0.4, -0.2) is 24.0 Å². The lowest BCUT2D eigenvalue weighted by Gasteiger charge is -2.20. The van der Waals surface area contributed by atoms with Gasteiger partial charge in [-0.25, -0.2) is 17.2 Å². The van der Waals surface area contributed by atoms with Crippen LogP contribution in [0.4, 0.5) is 0 Å². The normalized spacial score (nSPS) is 12.3. The van der Waals surface area contributed by atoms with E-state index in [0.29, 0.717) is 15.4 Å². The maximum atomic E-state index is 13.4. The molecule has 142 valence electrons. The van der Waals surface area contributed by atoms with Gasteiger partial charge in [-0.1, -0.05) is 35.9 Å². The summed E-state index contributed by atoms with van der Waals surface area (Å²) in [7, 11) is -4.01. The number of benzene rings is 2. The van der Waals surface area contributed by atoms with Crippen molar-refractivity contribution in [2.75, 3.05) is 0 Å². The summed E-state index contributed by atoms with van der Waals surface area (Å²) in [4.78, 5) is 13.0. The van der Waals surface area contributed by atoms with E-state index in [1.54, 1.807) is 57.2 Å². The molecule has 0 saturated carbocycles. The van der Waals surface area contributed by atoms with Crippen molar-refractivity contribution in [2.24, 2.45) is 0 Å². The average molecular weight is 450 g/mol. The number of rotatable bonds is 3. The number of para-hydroxylation sites is 1. The van der Waals surface area contributed by atoms with Crippen LogP contribution in [0.3, 0.4) is 0 Å². The van der Waals surface area contributed by atoms with Crippen molar-refractivity contribution < 1.29 is 17.9 Å².